The largest absolute Gasteiger partial charge is 0.350 e. The maximum absolute atomic E-state index is 12.8. The summed E-state index contributed by atoms with van der Waals surface area (Å²) in [6.45, 7) is 0.473. The number of amides is 1. The Bertz CT molecular complexity index is 787. The topological polar surface area (TPSA) is 54.9 Å². The quantitative estimate of drug-likeness (QED) is 0.782. The first kappa shape index (κ1) is 15.3. The number of thiazole rings is 1. The van der Waals surface area contributed by atoms with Crippen LogP contribution in [0, 0.1) is 5.82 Å². The van der Waals surface area contributed by atoms with Crippen LogP contribution in [-0.2, 0) is 6.42 Å². The van der Waals surface area contributed by atoms with Crippen molar-refractivity contribution in [3.05, 3.63) is 71.1 Å². The Labute approximate surface area is 137 Å². The summed E-state index contributed by atoms with van der Waals surface area (Å²) in [6, 6.07) is 11.8. The van der Waals surface area contributed by atoms with Crippen LogP contribution in [0.4, 0.5) is 4.39 Å². The molecule has 0 saturated carbocycles. The van der Waals surface area contributed by atoms with Crippen molar-refractivity contribution in [1.82, 2.24) is 15.3 Å². The van der Waals surface area contributed by atoms with Crippen LogP contribution in [0.3, 0.4) is 0 Å². The molecule has 2 heterocycles. The highest BCUT2D eigenvalue weighted by molar-refractivity contribution is 7.13. The summed E-state index contributed by atoms with van der Waals surface area (Å²) in [5.41, 5.74) is 2.11. The van der Waals surface area contributed by atoms with Crippen LogP contribution in [0.25, 0.3) is 10.7 Å². The summed E-state index contributed by atoms with van der Waals surface area (Å²) in [6.07, 6.45) is 2.34. The van der Waals surface area contributed by atoms with E-state index in [1.807, 2.05) is 18.2 Å². The maximum atomic E-state index is 12.8. The molecule has 2 aromatic heterocycles. The zero-order chi connectivity index (χ0) is 16.1. The number of hydrogen-bond acceptors (Lipinski definition) is 4. The van der Waals surface area contributed by atoms with Gasteiger partial charge in [-0.3, -0.25) is 9.78 Å². The summed E-state index contributed by atoms with van der Waals surface area (Å²) in [7, 11) is 0. The summed E-state index contributed by atoms with van der Waals surface area (Å²) >= 11 is 1.39. The van der Waals surface area contributed by atoms with E-state index in [4.69, 9.17) is 0 Å². The lowest BCUT2D eigenvalue weighted by atomic mass is 10.1. The number of nitrogens with one attached hydrogen (secondary N) is 1. The van der Waals surface area contributed by atoms with Crippen molar-refractivity contribution < 1.29 is 9.18 Å². The minimum atomic E-state index is -0.262. The first-order chi connectivity index (χ1) is 11.2. The van der Waals surface area contributed by atoms with Crippen LogP contribution < -0.4 is 5.32 Å². The Balaban J connectivity index is 1.56. The van der Waals surface area contributed by atoms with Gasteiger partial charge in [0.05, 0.1) is 5.69 Å². The molecule has 1 aromatic carbocycles. The van der Waals surface area contributed by atoms with E-state index in [1.54, 1.807) is 23.7 Å². The number of aromatic nitrogens is 2. The monoisotopic (exact) mass is 327 g/mol. The van der Waals surface area contributed by atoms with Gasteiger partial charge >= 0.3 is 0 Å². The molecule has 0 aliphatic rings. The third kappa shape index (κ3) is 3.98. The Morgan fingerprint density at radius 1 is 1.17 bits per heavy atom. The van der Waals surface area contributed by atoms with E-state index in [9.17, 15) is 9.18 Å². The first-order valence-corrected chi connectivity index (χ1v) is 8.00. The van der Waals surface area contributed by atoms with Crippen LogP contribution >= 0.6 is 11.3 Å². The standard InChI is InChI=1S/C17H14FN3OS/c18-13-6-4-12(5-7-13)8-10-20-16(22)15-11-23-17(21-15)14-3-1-2-9-19-14/h1-7,9,11H,8,10H2,(H,20,22). The molecule has 3 aromatic rings. The Kier molecular flexibility index (Phi) is 4.73. The summed E-state index contributed by atoms with van der Waals surface area (Å²) < 4.78 is 12.8. The molecule has 0 radical (unpaired) electrons. The van der Waals surface area contributed by atoms with Crippen LogP contribution in [0.1, 0.15) is 16.1 Å². The predicted octanol–water partition coefficient (Wildman–Crippen LogP) is 3.32. The van der Waals surface area contributed by atoms with Gasteiger partial charge in [0.15, 0.2) is 0 Å². The van der Waals surface area contributed by atoms with E-state index < -0.39 is 0 Å². The molecule has 1 N–H and O–H groups in total. The van der Waals surface area contributed by atoms with Gasteiger partial charge in [0.2, 0.25) is 0 Å². The Morgan fingerprint density at radius 2 is 2.00 bits per heavy atom. The molecule has 23 heavy (non-hydrogen) atoms. The van der Waals surface area contributed by atoms with E-state index in [1.165, 1.54) is 23.5 Å². The summed E-state index contributed by atoms with van der Waals surface area (Å²) in [4.78, 5) is 20.6. The molecule has 116 valence electrons. The molecule has 0 aliphatic carbocycles. The van der Waals surface area contributed by atoms with Crippen LogP contribution in [0.15, 0.2) is 54.0 Å². The number of hydrogen-bond donors (Lipinski definition) is 1. The maximum Gasteiger partial charge on any atom is 0.270 e. The van der Waals surface area contributed by atoms with Crippen molar-refractivity contribution in [2.24, 2.45) is 0 Å². The Hall–Kier alpha value is -2.60. The molecule has 1 amide bonds. The zero-order valence-electron chi connectivity index (χ0n) is 12.2. The van der Waals surface area contributed by atoms with Crippen molar-refractivity contribution in [3.8, 4) is 10.7 Å². The second-order valence-electron chi connectivity index (χ2n) is 4.89. The van der Waals surface area contributed by atoms with E-state index in [-0.39, 0.29) is 11.7 Å². The van der Waals surface area contributed by atoms with E-state index in [0.717, 1.165) is 11.3 Å². The van der Waals surface area contributed by atoms with Gasteiger partial charge in [0.25, 0.3) is 5.91 Å². The van der Waals surface area contributed by atoms with E-state index in [2.05, 4.69) is 15.3 Å². The fourth-order valence-corrected chi connectivity index (χ4v) is 2.82. The van der Waals surface area contributed by atoms with Crippen LogP contribution in [0.5, 0.6) is 0 Å². The third-order valence-electron chi connectivity index (χ3n) is 3.23. The van der Waals surface area contributed by atoms with Gasteiger partial charge < -0.3 is 5.32 Å². The SMILES string of the molecule is O=C(NCCc1ccc(F)cc1)c1csc(-c2ccccn2)n1. The normalized spacial score (nSPS) is 10.5. The summed E-state index contributed by atoms with van der Waals surface area (Å²) in [5.74, 6) is -0.479. The molecule has 0 unspecified atom stereocenters. The third-order valence-corrected chi connectivity index (χ3v) is 4.10. The number of benzene rings is 1. The summed E-state index contributed by atoms with van der Waals surface area (Å²) in [5, 5.41) is 5.25. The fourth-order valence-electron chi connectivity index (χ4n) is 2.05. The first-order valence-electron chi connectivity index (χ1n) is 7.12. The minimum Gasteiger partial charge on any atom is -0.350 e. The second kappa shape index (κ2) is 7.11. The van der Waals surface area contributed by atoms with Gasteiger partial charge in [-0.1, -0.05) is 18.2 Å². The molecule has 3 rings (SSSR count). The van der Waals surface area contributed by atoms with Crippen LogP contribution in [0.2, 0.25) is 0 Å². The molecule has 0 atom stereocenters. The lowest BCUT2D eigenvalue weighted by Crippen LogP contribution is -2.25. The highest BCUT2D eigenvalue weighted by Crippen LogP contribution is 2.21. The lowest BCUT2D eigenvalue weighted by Gasteiger charge is -2.03. The highest BCUT2D eigenvalue weighted by atomic mass is 32.1. The molecular weight excluding hydrogens is 313 g/mol. The average molecular weight is 327 g/mol. The van der Waals surface area contributed by atoms with Crippen molar-refractivity contribution in [1.29, 1.82) is 0 Å². The average Bonchev–Trinajstić information content (AvgIpc) is 3.07. The number of carbonyl (C=O) groups is 1. The number of nitrogens with zero attached hydrogens (tertiary/aromatic N) is 2. The molecule has 6 heteroatoms. The van der Waals surface area contributed by atoms with Crippen molar-refractivity contribution in [3.63, 3.8) is 0 Å². The van der Waals surface area contributed by atoms with Gasteiger partial charge in [0.1, 0.15) is 16.5 Å². The number of pyridine rings is 1. The van der Waals surface area contributed by atoms with Gasteiger partial charge in [-0.25, -0.2) is 9.37 Å². The van der Waals surface area contributed by atoms with Gasteiger partial charge in [-0.15, -0.1) is 11.3 Å². The molecular formula is C17H14FN3OS. The lowest BCUT2D eigenvalue weighted by molar-refractivity contribution is 0.0950. The smallest absolute Gasteiger partial charge is 0.270 e. The van der Waals surface area contributed by atoms with E-state index in [0.29, 0.717) is 23.7 Å². The van der Waals surface area contributed by atoms with Crippen molar-refractivity contribution in [2.45, 2.75) is 6.42 Å². The molecule has 0 spiro atoms. The highest BCUT2D eigenvalue weighted by Gasteiger charge is 2.11. The van der Waals surface area contributed by atoms with Crippen LogP contribution in [-0.4, -0.2) is 22.4 Å². The number of halogens is 1. The van der Waals surface area contributed by atoms with Crippen molar-refractivity contribution in [2.75, 3.05) is 6.54 Å². The zero-order valence-corrected chi connectivity index (χ0v) is 13.0. The fraction of sp³-hybridized carbons (Fsp3) is 0.118. The number of carbonyl (C=O) groups excluding carboxylic acids is 1. The minimum absolute atomic E-state index is 0.217. The predicted molar refractivity (Wildman–Crippen MR) is 87.8 cm³/mol. The molecule has 0 bridgehead atoms. The van der Waals surface area contributed by atoms with E-state index >= 15 is 0 Å². The van der Waals surface area contributed by atoms with Gasteiger partial charge in [-0.2, -0.15) is 0 Å². The molecule has 0 aliphatic heterocycles. The molecule has 0 saturated heterocycles. The van der Waals surface area contributed by atoms with Gasteiger partial charge in [0, 0.05) is 18.1 Å². The van der Waals surface area contributed by atoms with Gasteiger partial charge in [-0.05, 0) is 36.2 Å². The van der Waals surface area contributed by atoms with Crippen molar-refractivity contribution >= 4 is 17.2 Å². The second-order valence-corrected chi connectivity index (χ2v) is 5.74. The number of rotatable bonds is 5. The Morgan fingerprint density at radius 3 is 2.74 bits per heavy atom. The molecule has 4 nitrogen and oxygen atoms in total. The molecule has 0 fully saturated rings.